The number of benzene rings is 2. The van der Waals surface area contributed by atoms with Crippen LogP contribution in [0.2, 0.25) is 0 Å². The Hall–Kier alpha value is -1.67. The van der Waals surface area contributed by atoms with Gasteiger partial charge in [-0.15, -0.1) is 0 Å². The predicted octanol–water partition coefficient (Wildman–Crippen LogP) is 8.84. The Kier molecular flexibility index (Phi) is 9.62. The summed E-state index contributed by atoms with van der Waals surface area (Å²) in [5, 5.41) is 0. The second kappa shape index (κ2) is 12.9. The van der Waals surface area contributed by atoms with Crippen LogP contribution in [0.25, 0.3) is 11.1 Å². The Bertz CT molecular complexity index is 822. The average Bonchev–Trinajstić information content (AvgIpc) is 2.90. The van der Waals surface area contributed by atoms with Crippen molar-refractivity contribution >= 4 is 0 Å². The van der Waals surface area contributed by atoms with E-state index in [9.17, 15) is 4.39 Å². The van der Waals surface area contributed by atoms with Gasteiger partial charge in [-0.1, -0.05) is 68.3 Å². The Labute approximate surface area is 207 Å². The standard InChI is InChI=1S/C32H45FO/c1-3-32(34-2)31-20-18-30(19-21-31)29-14-8-25(9-15-29)5-4-24-6-12-27(13-7-24)28-16-10-26(11-17-28)22-23-33/h6-7,10-13,16-17,25,29-32H,3-5,8-9,14-15,18-23H2,1-2H3/t25?,29?,30-,31-,32?. The van der Waals surface area contributed by atoms with E-state index in [2.05, 4.69) is 43.3 Å². The lowest BCUT2D eigenvalue weighted by Crippen LogP contribution is -2.30. The molecular weight excluding hydrogens is 419 g/mol. The number of aryl methyl sites for hydroxylation is 2. The monoisotopic (exact) mass is 464 g/mol. The van der Waals surface area contributed by atoms with E-state index in [1.807, 2.05) is 19.2 Å². The minimum absolute atomic E-state index is 0.287. The third-order valence-corrected chi connectivity index (χ3v) is 9.07. The molecule has 2 aliphatic rings. The zero-order valence-electron chi connectivity index (χ0n) is 21.5. The second-order valence-corrected chi connectivity index (χ2v) is 11.0. The molecule has 0 heterocycles. The number of hydrogen-bond acceptors (Lipinski definition) is 1. The lowest BCUT2D eigenvalue weighted by atomic mass is 9.68. The van der Waals surface area contributed by atoms with E-state index in [-0.39, 0.29) is 6.67 Å². The molecule has 4 rings (SSSR count). The summed E-state index contributed by atoms with van der Waals surface area (Å²) in [5.41, 5.74) is 5.00. The van der Waals surface area contributed by atoms with Crippen molar-refractivity contribution in [2.24, 2.45) is 23.7 Å². The molecule has 2 aliphatic carbocycles. The fourth-order valence-electron chi connectivity index (χ4n) is 6.84. The van der Waals surface area contributed by atoms with Gasteiger partial charge in [-0.05, 0) is 104 Å². The van der Waals surface area contributed by atoms with Crippen molar-refractivity contribution in [2.75, 3.05) is 13.8 Å². The van der Waals surface area contributed by atoms with E-state index in [0.29, 0.717) is 12.5 Å². The van der Waals surface area contributed by atoms with Crippen LogP contribution < -0.4 is 0 Å². The first-order valence-electron chi connectivity index (χ1n) is 14.0. The van der Waals surface area contributed by atoms with Gasteiger partial charge in [0.1, 0.15) is 0 Å². The summed E-state index contributed by atoms with van der Waals surface area (Å²) in [6.07, 6.45) is 16.1. The highest BCUT2D eigenvalue weighted by Gasteiger charge is 2.32. The van der Waals surface area contributed by atoms with Crippen LogP contribution in [0.15, 0.2) is 48.5 Å². The summed E-state index contributed by atoms with van der Waals surface area (Å²) in [4.78, 5) is 0. The second-order valence-electron chi connectivity index (χ2n) is 11.0. The summed E-state index contributed by atoms with van der Waals surface area (Å²) in [6.45, 7) is 1.98. The minimum Gasteiger partial charge on any atom is -0.381 e. The zero-order chi connectivity index (χ0) is 23.8. The number of hydrogen-bond donors (Lipinski definition) is 0. The Morgan fingerprint density at radius 3 is 1.71 bits per heavy atom. The van der Waals surface area contributed by atoms with Crippen LogP contribution in [0, 0.1) is 23.7 Å². The molecule has 0 amide bonds. The maximum atomic E-state index is 12.5. The van der Waals surface area contributed by atoms with E-state index < -0.39 is 0 Å². The molecule has 2 aromatic carbocycles. The van der Waals surface area contributed by atoms with E-state index in [1.54, 1.807) is 0 Å². The van der Waals surface area contributed by atoms with Crippen LogP contribution in [0.1, 0.15) is 82.3 Å². The van der Waals surface area contributed by atoms with Gasteiger partial charge >= 0.3 is 0 Å². The minimum atomic E-state index is -0.287. The third kappa shape index (κ3) is 6.72. The SMILES string of the molecule is CCC(OC)[C@H]1CC[C@H](C2CCC(CCc3ccc(-c4ccc(CCF)cc4)cc3)CC2)CC1. The Morgan fingerprint density at radius 1 is 0.735 bits per heavy atom. The maximum absolute atomic E-state index is 12.5. The van der Waals surface area contributed by atoms with Crippen LogP contribution in [0.3, 0.4) is 0 Å². The van der Waals surface area contributed by atoms with Gasteiger partial charge in [0, 0.05) is 13.5 Å². The number of ether oxygens (including phenoxy) is 1. The lowest BCUT2D eigenvalue weighted by molar-refractivity contribution is 0.0187. The summed E-state index contributed by atoms with van der Waals surface area (Å²) in [6, 6.07) is 17.4. The first kappa shape index (κ1) is 25.4. The topological polar surface area (TPSA) is 9.23 Å². The van der Waals surface area contributed by atoms with Crippen molar-refractivity contribution in [3.8, 4) is 11.1 Å². The molecule has 0 N–H and O–H groups in total. The van der Waals surface area contributed by atoms with Gasteiger partial charge in [-0.25, -0.2) is 0 Å². The first-order chi connectivity index (χ1) is 16.7. The van der Waals surface area contributed by atoms with Crippen LogP contribution in [-0.2, 0) is 17.6 Å². The molecular formula is C32H45FO. The molecule has 34 heavy (non-hydrogen) atoms. The van der Waals surface area contributed by atoms with E-state index in [4.69, 9.17) is 4.74 Å². The summed E-state index contributed by atoms with van der Waals surface area (Å²) < 4.78 is 18.2. The molecule has 2 heteroatoms. The van der Waals surface area contributed by atoms with Gasteiger partial charge in [0.25, 0.3) is 0 Å². The predicted molar refractivity (Wildman–Crippen MR) is 142 cm³/mol. The van der Waals surface area contributed by atoms with Gasteiger partial charge in [-0.3, -0.25) is 4.39 Å². The van der Waals surface area contributed by atoms with Crippen LogP contribution in [-0.4, -0.2) is 19.9 Å². The van der Waals surface area contributed by atoms with Gasteiger partial charge in [0.05, 0.1) is 12.8 Å². The van der Waals surface area contributed by atoms with E-state index in [1.165, 1.54) is 80.9 Å². The van der Waals surface area contributed by atoms with E-state index >= 15 is 0 Å². The van der Waals surface area contributed by atoms with E-state index in [0.717, 1.165) is 35.7 Å². The first-order valence-corrected chi connectivity index (χ1v) is 14.0. The maximum Gasteiger partial charge on any atom is 0.0934 e. The third-order valence-electron chi connectivity index (χ3n) is 9.07. The molecule has 1 atom stereocenters. The molecule has 0 aromatic heterocycles. The molecule has 186 valence electrons. The highest BCUT2D eigenvalue weighted by atomic mass is 19.1. The highest BCUT2D eigenvalue weighted by molar-refractivity contribution is 5.64. The number of alkyl halides is 1. The fraction of sp³-hybridized carbons (Fsp3) is 0.625. The van der Waals surface area contributed by atoms with Crippen molar-refractivity contribution < 1.29 is 9.13 Å². The van der Waals surface area contributed by atoms with Gasteiger partial charge in [0.2, 0.25) is 0 Å². The molecule has 0 saturated heterocycles. The quantitative estimate of drug-likeness (QED) is 0.341. The molecule has 0 radical (unpaired) electrons. The Morgan fingerprint density at radius 2 is 1.24 bits per heavy atom. The number of rotatable bonds is 10. The number of halogens is 1. The largest absolute Gasteiger partial charge is 0.381 e. The van der Waals surface area contributed by atoms with Crippen molar-refractivity contribution in [1.29, 1.82) is 0 Å². The molecule has 0 spiro atoms. The molecule has 2 fully saturated rings. The van der Waals surface area contributed by atoms with Crippen molar-refractivity contribution in [3.63, 3.8) is 0 Å². The van der Waals surface area contributed by atoms with Crippen molar-refractivity contribution in [1.82, 2.24) is 0 Å². The average molecular weight is 465 g/mol. The van der Waals surface area contributed by atoms with Crippen molar-refractivity contribution in [2.45, 2.75) is 90.1 Å². The lowest BCUT2D eigenvalue weighted by Gasteiger charge is -2.39. The normalized spacial score (nSPS) is 26.3. The van der Waals surface area contributed by atoms with Crippen LogP contribution in [0.4, 0.5) is 4.39 Å². The Balaban J connectivity index is 1.18. The van der Waals surface area contributed by atoms with Crippen LogP contribution in [0.5, 0.6) is 0 Å². The smallest absolute Gasteiger partial charge is 0.0934 e. The van der Waals surface area contributed by atoms with Gasteiger partial charge in [-0.2, -0.15) is 0 Å². The van der Waals surface area contributed by atoms with Gasteiger partial charge < -0.3 is 4.74 Å². The molecule has 0 aliphatic heterocycles. The zero-order valence-corrected chi connectivity index (χ0v) is 21.5. The summed E-state index contributed by atoms with van der Waals surface area (Å²) in [7, 11) is 1.89. The summed E-state index contributed by atoms with van der Waals surface area (Å²) >= 11 is 0. The van der Waals surface area contributed by atoms with Crippen LogP contribution >= 0.6 is 0 Å². The molecule has 1 nitrogen and oxygen atoms in total. The molecule has 0 bridgehead atoms. The molecule has 2 aromatic rings. The fourth-order valence-corrected chi connectivity index (χ4v) is 6.84. The number of methoxy groups -OCH3 is 1. The van der Waals surface area contributed by atoms with Crippen molar-refractivity contribution in [3.05, 3.63) is 59.7 Å². The summed E-state index contributed by atoms with van der Waals surface area (Å²) in [5.74, 6) is 3.67. The molecule has 1 unspecified atom stereocenters. The van der Waals surface area contributed by atoms with Gasteiger partial charge in [0.15, 0.2) is 0 Å². The highest BCUT2D eigenvalue weighted by Crippen LogP contribution is 2.43. The molecule has 2 saturated carbocycles.